The van der Waals surface area contributed by atoms with Gasteiger partial charge in [0.15, 0.2) is 0 Å². The Labute approximate surface area is 64.8 Å². The zero-order valence-corrected chi connectivity index (χ0v) is 6.27. The summed E-state index contributed by atoms with van der Waals surface area (Å²) in [5.41, 5.74) is 6.19. The normalized spacial score (nSPS) is 10.4. The largest absolute Gasteiger partial charge is 0.394 e. The summed E-state index contributed by atoms with van der Waals surface area (Å²) in [6.07, 6.45) is 2.54. The summed E-state index contributed by atoms with van der Waals surface area (Å²) in [4.78, 5) is 0. The minimum atomic E-state index is 0.0887. The fourth-order valence-electron chi connectivity index (χ4n) is 0.813. The van der Waals surface area contributed by atoms with E-state index in [1.165, 1.54) is 0 Å². The van der Waals surface area contributed by atoms with E-state index in [1.54, 1.807) is 10.9 Å². The molecule has 0 aliphatic carbocycles. The minimum Gasteiger partial charge on any atom is -0.394 e. The third kappa shape index (κ3) is 2.28. The first-order chi connectivity index (χ1) is 5.36. The van der Waals surface area contributed by atoms with Gasteiger partial charge in [-0.3, -0.25) is 0 Å². The molecule has 1 aromatic heterocycles. The Balaban J connectivity index is 2.51. The molecule has 0 bridgehead atoms. The molecule has 0 spiro atoms. The zero-order valence-electron chi connectivity index (χ0n) is 6.27. The van der Waals surface area contributed by atoms with Gasteiger partial charge in [-0.1, -0.05) is 5.21 Å². The van der Waals surface area contributed by atoms with Crippen LogP contribution < -0.4 is 5.73 Å². The summed E-state index contributed by atoms with van der Waals surface area (Å²) < 4.78 is 1.60. The Morgan fingerprint density at radius 2 is 2.45 bits per heavy atom. The van der Waals surface area contributed by atoms with Crippen LogP contribution in [0.2, 0.25) is 0 Å². The van der Waals surface area contributed by atoms with Crippen molar-refractivity contribution in [2.75, 3.05) is 13.2 Å². The standard InChI is InChI=1S/C6H12N4O/c7-2-1-6-5-10(3-4-11)9-8-6/h5,11H,1-4,7H2. The van der Waals surface area contributed by atoms with E-state index < -0.39 is 0 Å². The smallest absolute Gasteiger partial charge is 0.0839 e. The summed E-state index contributed by atoms with van der Waals surface area (Å²) >= 11 is 0. The molecule has 1 rings (SSSR count). The van der Waals surface area contributed by atoms with Crippen LogP contribution in [0.25, 0.3) is 0 Å². The van der Waals surface area contributed by atoms with Crippen LogP contribution in [-0.2, 0) is 13.0 Å². The lowest BCUT2D eigenvalue weighted by Crippen LogP contribution is -2.03. The summed E-state index contributed by atoms with van der Waals surface area (Å²) in [6.45, 7) is 1.17. The number of hydrogen-bond donors (Lipinski definition) is 2. The van der Waals surface area contributed by atoms with Crippen molar-refractivity contribution in [3.8, 4) is 0 Å². The molecule has 0 unspecified atom stereocenters. The number of rotatable bonds is 4. The van der Waals surface area contributed by atoms with Gasteiger partial charge in [-0.15, -0.1) is 5.10 Å². The average molecular weight is 156 g/mol. The molecular formula is C6H12N4O. The number of hydrogen-bond acceptors (Lipinski definition) is 4. The number of aliphatic hydroxyl groups is 1. The van der Waals surface area contributed by atoms with E-state index >= 15 is 0 Å². The molecule has 3 N–H and O–H groups in total. The van der Waals surface area contributed by atoms with Gasteiger partial charge in [0.1, 0.15) is 0 Å². The molecule has 0 amide bonds. The zero-order chi connectivity index (χ0) is 8.10. The molecule has 0 saturated carbocycles. The maximum Gasteiger partial charge on any atom is 0.0839 e. The molecule has 62 valence electrons. The van der Waals surface area contributed by atoms with Crippen molar-refractivity contribution in [3.63, 3.8) is 0 Å². The second-order valence-electron chi connectivity index (χ2n) is 2.24. The van der Waals surface area contributed by atoms with E-state index in [4.69, 9.17) is 10.8 Å². The summed E-state index contributed by atoms with van der Waals surface area (Å²) in [6, 6.07) is 0. The summed E-state index contributed by atoms with van der Waals surface area (Å²) in [5.74, 6) is 0. The lowest BCUT2D eigenvalue weighted by atomic mass is 10.3. The molecule has 0 aliphatic heterocycles. The molecule has 0 fully saturated rings. The molecule has 0 aromatic carbocycles. The maximum absolute atomic E-state index is 8.55. The molecule has 0 saturated heterocycles. The van der Waals surface area contributed by atoms with E-state index in [0.717, 1.165) is 12.1 Å². The van der Waals surface area contributed by atoms with E-state index in [1.807, 2.05) is 0 Å². The Morgan fingerprint density at radius 3 is 3.09 bits per heavy atom. The van der Waals surface area contributed by atoms with Crippen LogP contribution in [0.3, 0.4) is 0 Å². The Bertz CT molecular complexity index is 190. The van der Waals surface area contributed by atoms with Crippen LogP contribution in [0.15, 0.2) is 6.20 Å². The molecule has 0 atom stereocenters. The molecule has 11 heavy (non-hydrogen) atoms. The third-order valence-corrected chi connectivity index (χ3v) is 1.32. The fourth-order valence-corrected chi connectivity index (χ4v) is 0.813. The van der Waals surface area contributed by atoms with Gasteiger partial charge in [0, 0.05) is 12.6 Å². The van der Waals surface area contributed by atoms with Crippen molar-refractivity contribution >= 4 is 0 Å². The average Bonchev–Trinajstić information content (AvgIpc) is 2.38. The monoisotopic (exact) mass is 156 g/mol. The van der Waals surface area contributed by atoms with Crippen LogP contribution >= 0.6 is 0 Å². The number of nitrogens with zero attached hydrogens (tertiary/aromatic N) is 3. The second-order valence-corrected chi connectivity index (χ2v) is 2.24. The predicted octanol–water partition coefficient (Wildman–Crippen LogP) is -1.23. The lowest BCUT2D eigenvalue weighted by molar-refractivity contribution is 0.268. The lowest BCUT2D eigenvalue weighted by Gasteiger charge is -1.91. The first-order valence-electron chi connectivity index (χ1n) is 3.56. The predicted molar refractivity (Wildman–Crippen MR) is 39.9 cm³/mol. The van der Waals surface area contributed by atoms with Crippen LogP contribution in [0.1, 0.15) is 5.69 Å². The molecule has 5 heteroatoms. The van der Waals surface area contributed by atoms with Gasteiger partial charge < -0.3 is 10.8 Å². The van der Waals surface area contributed by atoms with Gasteiger partial charge in [0.2, 0.25) is 0 Å². The molecular weight excluding hydrogens is 144 g/mol. The minimum absolute atomic E-state index is 0.0887. The van der Waals surface area contributed by atoms with E-state index in [-0.39, 0.29) is 6.61 Å². The highest BCUT2D eigenvalue weighted by atomic mass is 16.3. The van der Waals surface area contributed by atoms with Gasteiger partial charge in [-0.25, -0.2) is 4.68 Å². The topological polar surface area (TPSA) is 77.0 Å². The van der Waals surface area contributed by atoms with Crippen LogP contribution in [0.5, 0.6) is 0 Å². The van der Waals surface area contributed by atoms with Crippen LogP contribution in [0, 0.1) is 0 Å². The van der Waals surface area contributed by atoms with Crippen molar-refractivity contribution in [1.29, 1.82) is 0 Å². The fraction of sp³-hybridized carbons (Fsp3) is 0.667. The first-order valence-corrected chi connectivity index (χ1v) is 3.56. The SMILES string of the molecule is NCCc1cn(CCO)nn1. The van der Waals surface area contributed by atoms with Gasteiger partial charge in [0.25, 0.3) is 0 Å². The summed E-state index contributed by atoms with van der Waals surface area (Å²) in [7, 11) is 0. The maximum atomic E-state index is 8.55. The van der Waals surface area contributed by atoms with E-state index in [2.05, 4.69) is 10.3 Å². The van der Waals surface area contributed by atoms with E-state index in [0.29, 0.717) is 13.1 Å². The molecule has 1 heterocycles. The molecule has 5 nitrogen and oxygen atoms in total. The van der Waals surface area contributed by atoms with Crippen LogP contribution in [0.4, 0.5) is 0 Å². The Morgan fingerprint density at radius 1 is 1.64 bits per heavy atom. The number of aromatic nitrogens is 3. The van der Waals surface area contributed by atoms with Crippen molar-refractivity contribution in [1.82, 2.24) is 15.0 Å². The Kier molecular flexibility index (Phi) is 3.00. The van der Waals surface area contributed by atoms with Crippen molar-refractivity contribution < 1.29 is 5.11 Å². The third-order valence-electron chi connectivity index (χ3n) is 1.32. The quantitative estimate of drug-likeness (QED) is 0.572. The number of nitrogens with two attached hydrogens (primary N) is 1. The first kappa shape index (κ1) is 8.16. The highest BCUT2D eigenvalue weighted by Gasteiger charge is 1.97. The van der Waals surface area contributed by atoms with Gasteiger partial charge >= 0.3 is 0 Å². The summed E-state index contributed by atoms with van der Waals surface area (Å²) in [5, 5.41) is 16.2. The van der Waals surface area contributed by atoms with Gasteiger partial charge in [-0.2, -0.15) is 0 Å². The van der Waals surface area contributed by atoms with E-state index in [9.17, 15) is 0 Å². The highest BCUT2D eigenvalue weighted by molar-refractivity contribution is 4.92. The molecule has 1 aromatic rings. The Hall–Kier alpha value is -0.940. The molecule has 0 radical (unpaired) electrons. The van der Waals surface area contributed by atoms with Gasteiger partial charge in [0.05, 0.1) is 18.8 Å². The molecule has 0 aliphatic rings. The highest BCUT2D eigenvalue weighted by Crippen LogP contribution is 1.92. The van der Waals surface area contributed by atoms with Gasteiger partial charge in [-0.05, 0) is 6.54 Å². The van der Waals surface area contributed by atoms with Crippen LogP contribution in [-0.4, -0.2) is 33.3 Å². The second kappa shape index (κ2) is 4.05. The number of aliphatic hydroxyl groups excluding tert-OH is 1. The van der Waals surface area contributed by atoms with Crippen molar-refractivity contribution in [2.24, 2.45) is 5.73 Å². The van der Waals surface area contributed by atoms with Crippen molar-refractivity contribution in [2.45, 2.75) is 13.0 Å². The van der Waals surface area contributed by atoms with Crippen molar-refractivity contribution in [3.05, 3.63) is 11.9 Å².